The molecule has 0 radical (unpaired) electrons. The summed E-state index contributed by atoms with van der Waals surface area (Å²) in [6, 6.07) is 10.3. The van der Waals surface area contributed by atoms with Gasteiger partial charge in [-0.2, -0.15) is 0 Å². The van der Waals surface area contributed by atoms with Crippen molar-refractivity contribution < 1.29 is 4.42 Å². The van der Waals surface area contributed by atoms with Crippen molar-refractivity contribution in [1.82, 2.24) is 0 Å². The van der Waals surface area contributed by atoms with Crippen LogP contribution in [0.3, 0.4) is 0 Å². The number of hydrogen-bond donors (Lipinski definition) is 1. The molecule has 1 aromatic carbocycles. The van der Waals surface area contributed by atoms with Gasteiger partial charge in [0.1, 0.15) is 5.76 Å². The number of nitrogens with one attached hydrogen (secondary N) is 1. The van der Waals surface area contributed by atoms with Crippen LogP contribution >= 0.6 is 15.9 Å². The van der Waals surface area contributed by atoms with Gasteiger partial charge in [-0.25, -0.2) is 0 Å². The Morgan fingerprint density at radius 2 is 1.88 bits per heavy atom. The molecule has 84 valence electrons. The van der Waals surface area contributed by atoms with Crippen molar-refractivity contribution in [2.45, 2.75) is 19.9 Å². The van der Waals surface area contributed by atoms with Gasteiger partial charge in [0.05, 0.1) is 12.3 Å². The number of halogens is 1. The molecule has 0 fully saturated rings. The molecule has 0 aliphatic heterocycles. The summed E-state index contributed by atoms with van der Waals surface area (Å²) in [6.45, 7) is 4.15. The topological polar surface area (TPSA) is 25.2 Å². The summed E-state index contributed by atoms with van der Waals surface area (Å²) in [5.74, 6) is 0.989. The molecule has 2 rings (SSSR count). The molecule has 2 aromatic rings. The van der Waals surface area contributed by atoms with Crippen LogP contribution in [0, 0.1) is 6.92 Å². The fraction of sp³-hybridized carbons (Fsp3) is 0.231. The molecule has 0 saturated heterocycles. The van der Waals surface area contributed by atoms with Crippen molar-refractivity contribution in [1.29, 1.82) is 0 Å². The van der Waals surface area contributed by atoms with Crippen LogP contribution in [0.1, 0.15) is 24.3 Å². The van der Waals surface area contributed by atoms with Gasteiger partial charge in [-0.05, 0) is 49.7 Å². The Kier molecular flexibility index (Phi) is 3.34. The standard InChI is InChI=1S/C13H14BrNO/c1-9-7-8-16-13(9)10(2)15-12-5-3-11(14)4-6-12/h3-8,10,15H,1-2H3. The largest absolute Gasteiger partial charge is 0.467 e. The number of furan rings is 1. The minimum Gasteiger partial charge on any atom is -0.467 e. The van der Waals surface area contributed by atoms with Crippen molar-refractivity contribution in [3.8, 4) is 0 Å². The molecule has 2 nitrogen and oxygen atoms in total. The molecule has 0 spiro atoms. The third-order valence-electron chi connectivity index (χ3n) is 2.52. The van der Waals surface area contributed by atoms with Crippen LogP contribution in [0.5, 0.6) is 0 Å². The van der Waals surface area contributed by atoms with Crippen molar-refractivity contribution in [2.24, 2.45) is 0 Å². The lowest BCUT2D eigenvalue weighted by Gasteiger charge is -2.13. The number of hydrogen-bond acceptors (Lipinski definition) is 2. The average Bonchev–Trinajstić information content (AvgIpc) is 2.68. The highest BCUT2D eigenvalue weighted by atomic mass is 79.9. The summed E-state index contributed by atoms with van der Waals surface area (Å²) in [7, 11) is 0. The second kappa shape index (κ2) is 4.74. The van der Waals surface area contributed by atoms with E-state index in [1.807, 2.05) is 30.3 Å². The smallest absolute Gasteiger partial charge is 0.128 e. The van der Waals surface area contributed by atoms with Gasteiger partial charge in [0.2, 0.25) is 0 Å². The minimum atomic E-state index is 0.177. The third kappa shape index (κ3) is 2.47. The predicted molar refractivity (Wildman–Crippen MR) is 69.6 cm³/mol. The van der Waals surface area contributed by atoms with Gasteiger partial charge >= 0.3 is 0 Å². The second-order valence-electron chi connectivity index (χ2n) is 3.84. The molecule has 1 aromatic heterocycles. The van der Waals surface area contributed by atoms with Crippen molar-refractivity contribution >= 4 is 21.6 Å². The predicted octanol–water partition coefficient (Wildman–Crippen LogP) is 4.52. The Labute approximate surface area is 104 Å². The maximum atomic E-state index is 5.45. The van der Waals surface area contributed by atoms with Gasteiger partial charge in [-0.3, -0.25) is 0 Å². The summed E-state index contributed by atoms with van der Waals surface area (Å²) < 4.78 is 6.53. The summed E-state index contributed by atoms with van der Waals surface area (Å²) in [5, 5.41) is 3.40. The molecule has 1 heterocycles. The van der Waals surface area contributed by atoms with Gasteiger partial charge < -0.3 is 9.73 Å². The van der Waals surface area contributed by atoms with E-state index in [0.29, 0.717) is 0 Å². The zero-order valence-corrected chi connectivity index (χ0v) is 10.9. The highest BCUT2D eigenvalue weighted by molar-refractivity contribution is 9.10. The average molecular weight is 280 g/mol. The molecule has 3 heteroatoms. The van der Waals surface area contributed by atoms with Crippen LogP contribution in [-0.2, 0) is 0 Å². The van der Waals surface area contributed by atoms with E-state index < -0.39 is 0 Å². The molecular formula is C13H14BrNO. The maximum absolute atomic E-state index is 5.45. The normalized spacial score (nSPS) is 12.4. The van der Waals surface area contributed by atoms with Gasteiger partial charge in [0.15, 0.2) is 0 Å². The third-order valence-corrected chi connectivity index (χ3v) is 3.05. The SMILES string of the molecule is Cc1ccoc1C(C)Nc1ccc(Br)cc1. The first-order chi connectivity index (χ1) is 7.66. The monoisotopic (exact) mass is 279 g/mol. The Hall–Kier alpha value is -1.22. The van der Waals surface area contributed by atoms with E-state index in [1.54, 1.807) is 6.26 Å². The van der Waals surface area contributed by atoms with Gasteiger partial charge in [0, 0.05) is 10.2 Å². The lowest BCUT2D eigenvalue weighted by atomic mass is 10.1. The molecule has 1 unspecified atom stereocenters. The maximum Gasteiger partial charge on any atom is 0.128 e. The molecule has 1 atom stereocenters. The van der Waals surface area contributed by atoms with Crippen LogP contribution < -0.4 is 5.32 Å². The second-order valence-corrected chi connectivity index (χ2v) is 4.76. The number of aryl methyl sites for hydroxylation is 1. The van der Waals surface area contributed by atoms with Crippen LogP contribution in [0.15, 0.2) is 45.5 Å². The molecule has 1 N–H and O–H groups in total. The number of benzene rings is 1. The highest BCUT2D eigenvalue weighted by Gasteiger charge is 2.11. The summed E-state index contributed by atoms with van der Waals surface area (Å²) >= 11 is 3.42. The van der Waals surface area contributed by atoms with E-state index in [1.165, 1.54) is 5.56 Å². The van der Waals surface area contributed by atoms with Crippen molar-refractivity contribution in [3.05, 3.63) is 52.4 Å². The Bertz CT molecular complexity index is 461. The van der Waals surface area contributed by atoms with Crippen LogP contribution in [0.2, 0.25) is 0 Å². The molecule has 0 aliphatic rings. The molecule has 0 aliphatic carbocycles. The van der Waals surface area contributed by atoms with E-state index >= 15 is 0 Å². The van der Waals surface area contributed by atoms with Gasteiger partial charge in [-0.1, -0.05) is 15.9 Å². The van der Waals surface area contributed by atoms with E-state index in [0.717, 1.165) is 15.9 Å². The van der Waals surface area contributed by atoms with E-state index in [4.69, 9.17) is 4.42 Å². The molecule has 16 heavy (non-hydrogen) atoms. The Morgan fingerprint density at radius 1 is 1.19 bits per heavy atom. The van der Waals surface area contributed by atoms with Crippen LogP contribution in [0.25, 0.3) is 0 Å². The molecule has 0 bridgehead atoms. The quantitative estimate of drug-likeness (QED) is 0.894. The molecular weight excluding hydrogens is 266 g/mol. The highest BCUT2D eigenvalue weighted by Crippen LogP contribution is 2.23. The lowest BCUT2D eigenvalue weighted by Crippen LogP contribution is -2.06. The fourth-order valence-corrected chi connectivity index (χ4v) is 1.95. The minimum absolute atomic E-state index is 0.177. The number of rotatable bonds is 3. The first-order valence-electron chi connectivity index (χ1n) is 5.23. The number of anilines is 1. The van der Waals surface area contributed by atoms with E-state index in [-0.39, 0.29) is 6.04 Å². The summed E-state index contributed by atoms with van der Waals surface area (Å²) in [4.78, 5) is 0. The molecule has 0 saturated carbocycles. The van der Waals surface area contributed by atoms with Gasteiger partial charge in [-0.15, -0.1) is 0 Å². The van der Waals surface area contributed by atoms with Crippen LogP contribution in [0.4, 0.5) is 5.69 Å². The summed E-state index contributed by atoms with van der Waals surface area (Å²) in [6.07, 6.45) is 1.73. The van der Waals surface area contributed by atoms with Crippen molar-refractivity contribution in [2.75, 3.05) is 5.32 Å². The van der Waals surface area contributed by atoms with Crippen molar-refractivity contribution in [3.63, 3.8) is 0 Å². The zero-order valence-electron chi connectivity index (χ0n) is 9.33. The van der Waals surface area contributed by atoms with Crippen LogP contribution in [-0.4, -0.2) is 0 Å². The van der Waals surface area contributed by atoms with E-state index in [2.05, 4.69) is 35.1 Å². The summed E-state index contributed by atoms with van der Waals surface area (Å²) in [5.41, 5.74) is 2.27. The van der Waals surface area contributed by atoms with E-state index in [9.17, 15) is 0 Å². The molecule has 0 amide bonds. The first-order valence-corrected chi connectivity index (χ1v) is 6.02. The lowest BCUT2D eigenvalue weighted by molar-refractivity contribution is 0.487. The zero-order chi connectivity index (χ0) is 11.5. The fourth-order valence-electron chi connectivity index (χ4n) is 1.69. The Morgan fingerprint density at radius 3 is 2.44 bits per heavy atom. The van der Waals surface area contributed by atoms with Gasteiger partial charge in [0.25, 0.3) is 0 Å². The Balaban J connectivity index is 2.10. The first kappa shape index (κ1) is 11.3.